The molecule has 1 rings (SSSR count). The molecule has 0 aliphatic carbocycles. The van der Waals surface area contributed by atoms with Gasteiger partial charge in [-0.15, -0.1) is 0 Å². The largest absolute Gasteiger partial charge is 0.359 e. The molecule has 0 spiro atoms. The molecule has 0 bridgehead atoms. The van der Waals surface area contributed by atoms with E-state index in [-0.39, 0.29) is 0 Å². The van der Waals surface area contributed by atoms with E-state index in [1.54, 1.807) is 0 Å². The number of benzene rings is 1. The third-order valence-corrected chi connectivity index (χ3v) is 3.74. The van der Waals surface area contributed by atoms with Crippen LogP contribution in [0.3, 0.4) is 0 Å². The van der Waals surface area contributed by atoms with E-state index in [1.165, 1.54) is 5.56 Å². The number of carbonyl (C=O) groups excluding carboxylic acids is 1. The third-order valence-electron chi connectivity index (χ3n) is 3.21. The van der Waals surface area contributed by atoms with E-state index in [9.17, 15) is 4.79 Å². The number of rotatable bonds is 7. The molecular formula is C15H22BrN3O. The minimum absolute atomic E-state index is 0.356. The molecule has 1 N–H and O–H groups in total. The van der Waals surface area contributed by atoms with Gasteiger partial charge < -0.3 is 4.90 Å². The molecule has 0 atom stereocenters. The number of hydrazone groups is 1. The van der Waals surface area contributed by atoms with Gasteiger partial charge >= 0.3 is 0 Å². The Labute approximate surface area is 129 Å². The van der Waals surface area contributed by atoms with Gasteiger partial charge in [0.15, 0.2) is 0 Å². The van der Waals surface area contributed by atoms with Crippen molar-refractivity contribution in [3.05, 3.63) is 34.3 Å². The van der Waals surface area contributed by atoms with Crippen LogP contribution in [0.4, 0.5) is 0 Å². The summed E-state index contributed by atoms with van der Waals surface area (Å²) in [6.07, 6.45) is 3.44. The van der Waals surface area contributed by atoms with Crippen LogP contribution in [-0.4, -0.2) is 30.2 Å². The van der Waals surface area contributed by atoms with E-state index in [0.29, 0.717) is 12.5 Å². The van der Waals surface area contributed by atoms with Crippen LogP contribution in [0.5, 0.6) is 0 Å². The van der Waals surface area contributed by atoms with Crippen LogP contribution < -0.4 is 5.43 Å². The number of amidine groups is 1. The highest BCUT2D eigenvalue weighted by atomic mass is 79.9. The summed E-state index contributed by atoms with van der Waals surface area (Å²) in [5.41, 5.74) is 3.71. The van der Waals surface area contributed by atoms with E-state index in [4.69, 9.17) is 0 Å². The van der Waals surface area contributed by atoms with E-state index in [2.05, 4.69) is 69.5 Å². The quantitative estimate of drug-likeness (QED) is 0.359. The lowest BCUT2D eigenvalue weighted by molar-refractivity contribution is -0.109. The van der Waals surface area contributed by atoms with E-state index in [1.807, 2.05) is 7.05 Å². The summed E-state index contributed by atoms with van der Waals surface area (Å²) >= 11 is 3.43. The fourth-order valence-electron chi connectivity index (χ4n) is 1.81. The Bertz CT molecular complexity index is 443. The Hall–Kier alpha value is -1.36. The zero-order valence-corrected chi connectivity index (χ0v) is 13.9. The Kier molecular flexibility index (Phi) is 7.30. The average molecular weight is 340 g/mol. The third kappa shape index (κ3) is 5.74. The van der Waals surface area contributed by atoms with Crippen LogP contribution in [0.25, 0.3) is 0 Å². The second kappa shape index (κ2) is 8.74. The molecule has 0 aliphatic rings. The normalized spacial score (nSPS) is 11.6. The summed E-state index contributed by atoms with van der Waals surface area (Å²) in [6, 6.07) is 8.71. The molecule has 4 nitrogen and oxygen atoms in total. The SMILES string of the molecule is CC(C)N(C)/C(CCCc1ccc(Br)cc1)=N\NC=O. The second-order valence-corrected chi connectivity index (χ2v) is 5.88. The summed E-state index contributed by atoms with van der Waals surface area (Å²) in [5.74, 6) is 0.907. The monoisotopic (exact) mass is 339 g/mol. The van der Waals surface area contributed by atoms with Crippen LogP contribution in [-0.2, 0) is 11.2 Å². The van der Waals surface area contributed by atoms with Gasteiger partial charge in [-0.2, -0.15) is 5.10 Å². The topological polar surface area (TPSA) is 44.7 Å². The number of nitrogens with one attached hydrogen (secondary N) is 1. The minimum atomic E-state index is 0.356. The van der Waals surface area contributed by atoms with Crippen LogP contribution in [0, 0.1) is 0 Å². The van der Waals surface area contributed by atoms with Gasteiger partial charge in [0.05, 0.1) is 0 Å². The van der Waals surface area contributed by atoms with Crippen LogP contribution in [0.1, 0.15) is 32.3 Å². The first-order chi connectivity index (χ1) is 9.54. The van der Waals surface area contributed by atoms with Crippen molar-refractivity contribution in [1.82, 2.24) is 10.3 Å². The highest BCUT2D eigenvalue weighted by molar-refractivity contribution is 9.10. The fourth-order valence-corrected chi connectivity index (χ4v) is 2.08. The van der Waals surface area contributed by atoms with Crippen molar-refractivity contribution in [2.24, 2.45) is 5.10 Å². The van der Waals surface area contributed by atoms with Crippen molar-refractivity contribution in [2.75, 3.05) is 7.05 Å². The minimum Gasteiger partial charge on any atom is -0.359 e. The highest BCUT2D eigenvalue weighted by Crippen LogP contribution is 2.13. The fraction of sp³-hybridized carbons (Fsp3) is 0.467. The number of nitrogens with zero attached hydrogens (tertiary/aromatic N) is 2. The van der Waals surface area contributed by atoms with Gasteiger partial charge in [0, 0.05) is 24.0 Å². The maximum Gasteiger partial charge on any atom is 0.227 e. The van der Waals surface area contributed by atoms with Gasteiger partial charge in [0.25, 0.3) is 0 Å². The molecule has 110 valence electrons. The lowest BCUT2D eigenvalue weighted by Gasteiger charge is -2.25. The van der Waals surface area contributed by atoms with Gasteiger partial charge in [-0.05, 0) is 44.4 Å². The Morgan fingerprint density at radius 2 is 2.05 bits per heavy atom. The zero-order valence-electron chi connectivity index (χ0n) is 12.3. The predicted octanol–water partition coefficient (Wildman–Crippen LogP) is 3.17. The average Bonchev–Trinajstić information content (AvgIpc) is 2.43. The molecule has 0 radical (unpaired) electrons. The number of carbonyl (C=O) groups is 1. The van der Waals surface area contributed by atoms with Crippen molar-refractivity contribution < 1.29 is 4.79 Å². The van der Waals surface area contributed by atoms with Gasteiger partial charge in [-0.1, -0.05) is 28.1 Å². The maximum atomic E-state index is 10.4. The van der Waals surface area contributed by atoms with Gasteiger partial charge in [0.2, 0.25) is 6.41 Å². The summed E-state index contributed by atoms with van der Waals surface area (Å²) in [4.78, 5) is 12.5. The summed E-state index contributed by atoms with van der Waals surface area (Å²) < 4.78 is 1.10. The van der Waals surface area contributed by atoms with Crippen LogP contribution in [0.15, 0.2) is 33.8 Å². The lowest BCUT2D eigenvalue weighted by atomic mass is 10.1. The number of hydrogen-bond donors (Lipinski definition) is 1. The Balaban J connectivity index is 2.53. The second-order valence-electron chi connectivity index (χ2n) is 4.96. The first-order valence-corrected chi connectivity index (χ1v) is 7.57. The van der Waals surface area contributed by atoms with Crippen molar-refractivity contribution in [3.8, 4) is 0 Å². The number of halogens is 1. The molecule has 0 aliphatic heterocycles. The first kappa shape index (κ1) is 16.7. The lowest BCUT2D eigenvalue weighted by Crippen LogP contribution is -2.34. The number of aryl methyl sites for hydroxylation is 1. The molecule has 0 fully saturated rings. The smallest absolute Gasteiger partial charge is 0.227 e. The first-order valence-electron chi connectivity index (χ1n) is 6.77. The molecule has 0 heterocycles. The van der Waals surface area contributed by atoms with Crippen molar-refractivity contribution >= 4 is 28.2 Å². The van der Waals surface area contributed by atoms with E-state index < -0.39 is 0 Å². The molecule has 5 heteroatoms. The van der Waals surface area contributed by atoms with Gasteiger partial charge in [0.1, 0.15) is 5.84 Å². The molecule has 1 aromatic rings. The maximum absolute atomic E-state index is 10.4. The van der Waals surface area contributed by atoms with Gasteiger partial charge in [-0.25, -0.2) is 5.43 Å². The molecular weight excluding hydrogens is 318 g/mol. The standard InChI is InChI=1S/C15H22BrN3O/c1-12(2)19(3)15(18-17-11-20)6-4-5-13-7-9-14(16)10-8-13/h7-12H,4-6H2,1-3H3,(H,17,20)/b18-15-. The molecule has 20 heavy (non-hydrogen) atoms. The van der Waals surface area contributed by atoms with Gasteiger partial charge in [-0.3, -0.25) is 4.79 Å². The Morgan fingerprint density at radius 3 is 2.60 bits per heavy atom. The molecule has 0 unspecified atom stereocenters. The molecule has 1 amide bonds. The number of amides is 1. The highest BCUT2D eigenvalue weighted by Gasteiger charge is 2.10. The summed E-state index contributed by atoms with van der Waals surface area (Å²) in [5, 5.41) is 4.13. The Morgan fingerprint density at radius 1 is 1.40 bits per heavy atom. The predicted molar refractivity (Wildman–Crippen MR) is 86.6 cm³/mol. The van der Waals surface area contributed by atoms with Crippen LogP contribution >= 0.6 is 15.9 Å². The number of hydrogen-bond acceptors (Lipinski definition) is 2. The summed E-state index contributed by atoms with van der Waals surface area (Å²) in [6.45, 7) is 4.20. The van der Waals surface area contributed by atoms with Crippen molar-refractivity contribution in [3.63, 3.8) is 0 Å². The summed E-state index contributed by atoms with van der Waals surface area (Å²) in [7, 11) is 2.00. The molecule has 1 aromatic carbocycles. The molecule has 0 aromatic heterocycles. The zero-order chi connectivity index (χ0) is 15.0. The van der Waals surface area contributed by atoms with Crippen molar-refractivity contribution in [1.29, 1.82) is 0 Å². The molecule has 0 saturated carbocycles. The van der Waals surface area contributed by atoms with Crippen molar-refractivity contribution in [2.45, 2.75) is 39.2 Å². The van der Waals surface area contributed by atoms with Crippen LogP contribution in [0.2, 0.25) is 0 Å². The van der Waals surface area contributed by atoms with E-state index in [0.717, 1.165) is 29.6 Å². The van der Waals surface area contributed by atoms with E-state index >= 15 is 0 Å². The molecule has 0 saturated heterocycles.